The van der Waals surface area contributed by atoms with Crippen molar-refractivity contribution in [3.63, 3.8) is 0 Å². The van der Waals surface area contributed by atoms with Crippen LogP contribution < -0.4 is 0 Å². The fourth-order valence-electron chi connectivity index (χ4n) is 1.03. The van der Waals surface area contributed by atoms with E-state index in [1.807, 2.05) is 20.8 Å². The molecular weight excluding hydrogens is 226 g/mol. The van der Waals surface area contributed by atoms with Crippen LogP contribution in [0.25, 0.3) is 0 Å². The number of rotatable bonds is 4. The summed E-state index contributed by atoms with van der Waals surface area (Å²) in [5.74, 6) is 0. The van der Waals surface area contributed by atoms with Crippen molar-refractivity contribution >= 4 is 17.9 Å². The van der Waals surface area contributed by atoms with Gasteiger partial charge in [0.2, 0.25) is 0 Å². The quantitative estimate of drug-likeness (QED) is 0.591. The molecule has 0 aromatic carbocycles. The standard InChI is InChI=1S/C10H21N3O2S/c1-9(2,3)11-12-10(4,5)13(6-7-14)8(15)16/h14H,6-7H2,1-5H3,(H,15,16). The second kappa shape index (κ2) is 5.63. The van der Waals surface area contributed by atoms with Crippen molar-refractivity contribution < 1.29 is 9.90 Å². The van der Waals surface area contributed by atoms with Crippen LogP contribution >= 0.6 is 12.6 Å². The molecule has 0 saturated carbocycles. The SMILES string of the molecule is CC(C)(C)N=NC(C)(C)N(CCO)C(=O)S. The first-order chi connectivity index (χ1) is 7.10. The second-order valence-electron chi connectivity index (χ2n) is 5.02. The Kier molecular flexibility index (Phi) is 5.41. The van der Waals surface area contributed by atoms with E-state index in [2.05, 4.69) is 22.9 Å². The maximum Gasteiger partial charge on any atom is 0.280 e. The minimum atomic E-state index is -0.797. The average molecular weight is 247 g/mol. The van der Waals surface area contributed by atoms with E-state index in [1.165, 1.54) is 4.90 Å². The number of carbonyl (C=O) groups is 1. The highest BCUT2D eigenvalue weighted by molar-refractivity contribution is 7.96. The first kappa shape index (κ1) is 15.4. The van der Waals surface area contributed by atoms with Gasteiger partial charge in [-0.25, -0.2) is 0 Å². The summed E-state index contributed by atoms with van der Waals surface area (Å²) in [7, 11) is 0. The number of thiol groups is 1. The minimum absolute atomic E-state index is 0.124. The summed E-state index contributed by atoms with van der Waals surface area (Å²) in [6, 6.07) is 0. The van der Waals surface area contributed by atoms with Gasteiger partial charge in [0.05, 0.1) is 12.1 Å². The van der Waals surface area contributed by atoms with E-state index in [9.17, 15) is 4.79 Å². The molecule has 0 spiro atoms. The lowest BCUT2D eigenvalue weighted by Gasteiger charge is -2.33. The summed E-state index contributed by atoms with van der Waals surface area (Å²) < 4.78 is 0. The Labute approximate surface area is 102 Å². The van der Waals surface area contributed by atoms with Crippen molar-refractivity contribution in [1.82, 2.24) is 4.90 Å². The summed E-state index contributed by atoms with van der Waals surface area (Å²) in [6.07, 6.45) is 0. The van der Waals surface area contributed by atoms with Crippen LogP contribution in [0.2, 0.25) is 0 Å². The molecule has 0 bridgehead atoms. The molecule has 1 amide bonds. The Bertz CT molecular complexity index is 272. The van der Waals surface area contributed by atoms with Crippen LogP contribution in [0.4, 0.5) is 4.79 Å². The minimum Gasteiger partial charge on any atom is -0.395 e. The third-order valence-electron chi connectivity index (χ3n) is 1.81. The van der Waals surface area contributed by atoms with Gasteiger partial charge >= 0.3 is 0 Å². The maximum atomic E-state index is 11.3. The van der Waals surface area contributed by atoms with Crippen LogP contribution in [-0.4, -0.2) is 39.6 Å². The van der Waals surface area contributed by atoms with Crippen molar-refractivity contribution in [2.45, 2.75) is 45.8 Å². The summed E-state index contributed by atoms with van der Waals surface area (Å²) >= 11 is 3.76. The van der Waals surface area contributed by atoms with E-state index >= 15 is 0 Å². The van der Waals surface area contributed by atoms with Gasteiger partial charge in [-0.15, -0.1) is 0 Å². The lowest BCUT2D eigenvalue weighted by molar-refractivity contribution is 0.129. The first-order valence-electron chi connectivity index (χ1n) is 5.15. The van der Waals surface area contributed by atoms with Crippen LogP contribution in [0.3, 0.4) is 0 Å². The maximum absolute atomic E-state index is 11.3. The number of carbonyl (C=O) groups excluding carboxylic acids is 1. The molecule has 0 atom stereocenters. The fourth-order valence-corrected chi connectivity index (χ4v) is 1.37. The smallest absolute Gasteiger partial charge is 0.280 e. The van der Waals surface area contributed by atoms with E-state index in [4.69, 9.17) is 5.11 Å². The zero-order valence-electron chi connectivity index (χ0n) is 10.6. The van der Waals surface area contributed by atoms with Gasteiger partial charge in [-0.3, -0.25) is 4.79 Å². The van der Waals surface area contributed by atoms with Crippen LogP contribution in [0.5, 0.6) is 0 Å². The summed E-state index contributed by atoms with van der Waals surface area (Å²) in [6.45, 7) is 9.35. The Balaban J connectivity index is 4.85. The van der Waals surface area contributed by atoms with Gasteiger partial charge < -0.3 is 10.0 Å². The zero-order chi connectivity index (χ0) is 13.0. The number of amides is 1. The van der Waals surface area contributed by atoms with Crippen LogP contribution in [0.1, 0.15) is 34.6 Å². The highest BCUT2D eigenvalue weighted by Crippen LogP contribution is 2.20. The number of hydrogen-bond acceptors (Lipinski definition) is 4. The van der Waals surface area contributed by atoms with Gasteiger partial charge in [0, 0.05) is 6.54 Å². The molecule has 6 heteroatoms. The first-order valence-corrected chi connectivity index (χ1v) is 5.60. The predicted octanol–water partition coefficient (Wildman–Crippen LogP) is 2.32. The molecule has 94 valence electrons. The largest absolute Gasteiger partial charge is 0.395 e. The topological polar surface area (TPSA) is 65.3 Å². The molecule has 0 heterocycles. The monoisotopic (exact) mass is 247 g/mol. The van der Waals surface area contributed by atoms with Crippen molar-refractivity contribution in [3.05, 3.63) is 0 Å². The Morgan fingerprint density at radius 3 is 2.06 bits per heavy atom. The van der Waals surface area contributed by atoms with Crippen molar-refractivity contribution in [1.29, 1.82) is 0 Å². The molecule has 1 N–H and O–H groups in total. The molecule has 0 aliphatic heterocycles. The molecule has 0 rings (SSSR count). The van der Waals surface area contributed by atoms with Gasteiger partial charge in [0.25, 0.3) is 5.24 Å². The normalized spacial score (nSPS) is 13.2. The summed E-state index contributed by atoms with van der Waals surface area (Å²) in [5, 5.41) is 16.7. The van der Waals surface area contributed by atoms with Crippen molar-refractivity contribution in [2.24, 2.45) is 10.2 Å². The molecule has 5 nitrogen and oxygen atoms in total. The van der Waals surface area contributed by atoms with Gasteiger partial charge in [-0.1, -0.05) is 12.6 Å². The van der Waals surface area contributed by atoms with Gasteiger partial charge in [-0.05, 0) is 34.6 Å². The third kappa shape index (κ3) is 5.46. The van der Waals surface area contributed by atoms with Crippen molar-refractivity contribution in [2.75, 3.05) is 13.2 Å². The molecule has 0 fully saturated rings. The molecule has 0 aromatic rings. The number of aliphatic hydroxyl groups excluding tert-OH is 1. The Morgan fingerprint density at radius 2 is 1.75 bits per heavy atom. The number of aliphatic hydroxyl groups is 1. The molecule has 0 unspecified atom stereocenters. The third-order valence-corrected chi connectivity index (χ3v) is 2.05. The zero-order valence-corrected chi connectivity index (χ0v) is 11.5. The van der Waals surface area contributed by atoms with E-state index in [0.717, 1.165) is 0 Å². The molecule has 16 heavy (non-hydrogen) atoms. The van der Waals surface area contributed by atoms with E-state index in [0.29, 0.717) is 0 Å². The van der Waals surface area contributed by atoms with Gasteiger partial charge in [-0.2, -0.15) is 10.2 Å². The van der Waals surface area contributed by atoms with Gasteiger partial charge in [0.15, 0.2) is 0 Å². The highest BCUT2D eigenvalue weighted by Gasteiger charge is 2.29. The summed E-state index contributed by atoms with van der Waals surface area (Å²) in [5.41, 5.74) is -1.09. The van der Waals surface area contributed by atoms with E-state index in [1.54, 1.807) is 13.8 Å². The highest BCUT2D eigenvalue weighted by atomic mass is 32.1. The second-order valence-corrected chi connectivity index (χ2v) is 5.41. The van der Waals surface area contributed by atoms with Crippen LogP contribution in [-0.2, 0) is 0 Å². The Morgan fingerprint density at radius 1 is 1.25 bits per heavy atom. The number of azo groups is 1. The molecule has 0 saturated heterocycles. The Hall–Kier alpha value is -0.620. The number of nitrogens with zero attached hydrogens (tertiary/aromatic N) is 3. The van der Waals surface area contributed by atoms with Crippen LogP contribution in [0, 0.1) is 0 Å². The average Bonchev–Trinajstić information content (AvgIpc) is 2.09. The molecule has 0 aliphatic carbocycles. The predicted molar refractivity (Wildman–Crippen MR) is 66.9 cm³/mol. The van der Waals surface area contributed by atoms with E-state index in [-0.39, 0.29) is 18.7 Å². The van der Waals surface area contributed by atoms with Crippen molar-refractivity contribution in [3.8, 4) is 0 Å². The lowest BCUT2D eigenvalue weighted by Crippen LogP contribution is -2.45. The van der Waals surface area contributed by atoms with Gasteiger partial charge in [0.1, 0.15) is 5.66 Å². The molecule has 0 radical (unpaired) electrons. The molecule has 0 aliphatic rings. The number of hydrogen-bond donors (Lipinski definition) is 2. The van der Waals surface area contributed by atoms with E-state index < -0.39 is 10.9 Å². The molecular formula is C10H21N3O2S. The van der Waals surface area contributed by atoms with Crippen LogP contribution in [0.15, 0.2) is 10.2 Å². The lowest BCUT2D eigenvalue weighted by atomic mass is 10.1. The fraction of sp³-hybridized carbons (Fsp3) is 0.900. The molecule has 0 aromatic heterocycles. The summed E-state index contributed by atoms with van der Waals surface area (Å²) in [4.78, 5) is 12.6.